The molecule has 0 bridgehead atoms. The van der Waals surface area contributed by atoms with E-state index in [-0.39, 0.29) is 42.0 Å². The number of hydrogen-bond donors (Lipinski definition) is 2. The van der Waals surface area contributed by atoms with Gasteiger partial charge in [-0.2, -0.15) is 18.3 Å². The maximum Gasteiger partial charge on any atom is 0.435 e. The minimum absolute atomic E-state index is 0. The van der Waals surface area contributed by atoms with Crippen molar-refractivity contribution >= 4 is 29.9 Å². The summed E-state index contributed by atoms with van der Waals surface area (Å²) in [5.41, 5.74) is 4.65. The van der Waals surface area contributed by atoms with Gasteiger partial charge in [-0.05, 0) is 5.92 Å². The Morgan fingerprint density at radius 3 is 2.60 bits per heavy atom. The molecule has 0 aromatic carbocycles. The molecule has 0 saturated heterocycles. The van der Waals surface area contributed by atoms with Crippen molar-refractivity contribution in [2.75, 3.05) is 6.54 Å². The largest absolute Gasteiger partial charge is 0.435 e. The molecule has 9 heteroatoms. The van der Waals surface area contributed by atoms with E-state index < -0.39 is 11.9 Å². The number of aryl methyl sites for hydroxylation is 1. The Hall–Kier alpha value is -1.00. The van der Waals surface area contributed by atoms with Gasteiger partial charge in [0.05, 0.1) is 6.54 Å². The lowest BCUT2D eigenvalue weighted by molar-refractivity contribution is -0.142. The molecule has 0 radical (unpaired) electrons. The predicted molar refractivity (Wildman–Crippen MR) is 81.8 cm³/mol. The Bertz CT molecular complexity index is 453. The number of halogens is 4. The third-order valence-corrected chi connectivity index (χ3v) is 2.28. The fraction of sp³-hybridized carbons (Fsp3) is 0.636. The first-order chi connectivity index (χ1) is 8.70. The Morgan fingerprint density at radius 1 is 1.50 bits per heavy atom. The van der Waals surface area contributed by atoms with Crippen LogP contribution in [0.15, 0.2) is 11.2 Å². The van der Waals surface area contributed by atoms with Gasteiger partial charge in [-0.1, -0.05) is 13.8 Å². The van der Waals surface area contributed by atoms with Crippen molar-refractivity contribution in [1.82, 2.24) is 15.1 Å². The summed E-state index contributed by atoms with van der Waals surface area (Å²) in [6, 6.07) is 0. The molecule has 0 saturated carbocycles. The van der Waals surface area contributed by atoms with Crippen LogP contribution in [0.25, 0.3) is 0 Å². The van der Waals surface area contributed by atoms with Crippen molar-refractivity contribution in [2.24, 2.45) is 23.7 Å². The number of nitrogens with one attached hydrogen (secondary N) is 1. The minimum Gasteiger partial charge on any atom is -0.370 e. The van der Waals surface area contributed by atoms with E-state index in [1.807, 2.05) is 13.8 Å². The first-order valence-corrected chi connectivity index (χ1v) is 5.83. The van der Waals surface area contributed by atoms with Gasteiger partial charge in [-0.3, -0.25) is 4.68 Å². The molecule has 20 heavy (non-hydrogen) atoms. The van der Waals surface area contributed by atoms with Crippen LogP contribution in [0.1, 0.15) is 25.1 Å². The monoisotopic (exact) mass is 405 g/mol. The van der Waals surface area contributed by atoms with Gasteiger partial charge in [0.15, 0.2) is 11.7 Å². The van der Waals surface area contributed by atoms with Gasteiger partial charge in [0.25, 0.3) is 0 Å². The second kappa shape index (κ2) is 7.70. The minimum atomic E-state index is -4.48. The Labute approximate surface area is 132 Å². The molecular weight excluding hydrogens is 386 g/mol. The topological polar surface area (TPSA) is 68.2 Å². The third-order valence-electron chi connectivity index (χ3n) is 2.28. The smallest absolute Gasteiger partial charge is 0.370 e. The van der Waals surface area contributed by atoms with Crippen molar-refractivity contribution < 1.29 is 13.2 Å². The lowest BCUT2D eigenvalue weighted by Gasteiger charge is -2.08. The SMILES string of the molecule is CC(C)CNC(N)=NCc1cn(C)nc1C(F)(F)F.I. The van der Waals surface area contributed by atoms with Gasteiger partial charge in [-0.25, -0.2) is 4.99 Å². The van der Waals surface area contributed by atoms with Crippen LogP contribution < -0.4 is 11.1 Å². The standard InChI is InChI=1S/C11H18F3N5.HI/c1-7(2)4-16-10(15)17-5-8-6-19(3)18-9(8)11(12,13)14;/h6-7H,4-5H2,1-3H3,(H3,15,16,17);1H. The molecule has 0 aliphatic rings. The molecule has 0 aliphatic carbocycles. The summed E-state index contributed by atoms with van der Waals surface area (Å²) in [4.78, 5) is 3.88. The second-order valence-electron chi connectivity index (χ2n) is 4.65. The zero-order valence-electron chi connectivity index (χ0n) is 11.5. The van der Waals surface area contributed by atoms with Crippen LogP contribution >= 0.6 is 24.0 Å². The van der Waals surface area contributed by atoms with Gasteiger partial charge >= 0.3 is 6.18 Å². The number of nitrogens with two attached hydrogens (primary N) is 1. The van der Waals surface area contributed by atoms with Crippen LogP contribution in [0.2, 0.25) is 0 Å². The zero-order valence-corrected chi connectivity index (χ0v) is 13.9. The fourth-order valence-electron chi connectivity index (χ4n) is 1.43. The Morgan fingerprint density at radius 2 is 2.10 bits per heavy atom. The summed E-state index contributed by atoms with van der Waals surface area (Å²) in [5, 5.41) is 6.23. The second-order valence-corrected chi connectivity index (χ2v) is 4.65. The number of aliphatic imine (C=N–C) groups is 1. The first-order valence-electron chi connectivity index (χ1n) is 5.83. The summed E-state index contributed by atoms with van der Waals surface area (Å²) < 4.78 is 39.1. The Kier molecular flexibility index (Phi) is 7.31. The van der Waals surface area contributed by atoms with Crippen molar-refractivity contribution in [3.05, 3.63) is 17.5 Å². The van der Waals surface area contributed by atoms with E-state index in [2.05, 4.69) is 15.4 Å². The average molecular weight is 405 g/mol. The molecule has 1 rings (SSSR count). The normalized spacial score (nSPS) is 12.4. The summed E-state index contributed by atoms with van der Waals surface area (Å²) in [7, 11) is 1.43. The number of aromatic nitrogens is 2. The van der Waals surface area contributed by atoms with Crippen LogP contribution in [-0.2, 0) is 19.8 Å². The number of alkyl halides is 3. The maximum absolute atomic E-state index is 12.7. The highest BCUT2D eigenvalue weighted by atomic mass is 127. The van der Waals surface area contributed by atoms with Crippen LogP contribution in [0, 0.1) is 5.92 Å². The molecule has 0 spiro atoms. The molecule has 0 atom stereocenters. The third kappa shape index (κ3) is 5.97. The number of guanidine groups is 1. The Balaban J connectivity index is 0.00000361. The number of hydrogen-bond acceptors (Lipinski definition) is 2. The highest BCUT2D eigenvalue weighted by Gasteiger charge is 2.36. The maximum atomic E-state index is 12.7. The molecule has 116 valence electrons. The number of rotatable bonds is 4. The van der Waals surface area contributed by atoms with Crippen molar-refractivity contribution in [2.45, 2.75) is 26.6 Å². The van der Waals surface area contributed by atoms with Crippen LogP contribution in [0.5, 0.6) is 0 Å². The molecule has 1 aromatic rings. The molecule has 1 heterocycles. The molecule has 3 N–H and O–H groups in total. The van der Waals surface area contributed by atoms with E-state index in [0.717, 1.165) is 4.68 Å². The first kappa shape index (κ1) is 19.0. The van der Waals surface area contributed by atoms with E-state index in [1.165, 1.54) is 13.2 Å². The molecular formula is C11H19F3IN5. The van der Waals surface area contributed by atoms with E-state index in [4.69, 9.17) is 5.73 Å². The molecule has 0 unspecified atom stereocenters. The van der Waals surface area contributed by atoms with Gasteiger partial charge in [0.1, 0.15) is 0 Å². The van der Waals surface area contributed by atoms with Crippen molar-refractivity contribution in [1.29, 1.82) is 0 Å². The number of nitrogens with zero attached hydrogens (tertiary/aromatic N) is 3. The molecule has 0 amide bonds. The lowest BCUT2D eigenvalue weighted by atomic mass is 10.2. The van der Waals surface area contributed by atoms with E-state index in [0.29, 0.717) is 12.5 Å². The predicted octanol–water partition coefficient (Wildman–Crippen LogP) is 2.12. The van der Waals surface area contributed by atoms with Gasteiger partial charge < -0.3 is 11.1 Å². The zero-order chi connectivity index (χ0) is 14.6. The quantitative estimate of drug-likeness (QED) is 0.458. The van der Waals surface area contributed by atoms with E-state index in [1.54, 1.807) is 0 Å². The van der Waals surface area contributed by atoms with Gasteiger partial charge in [-0.15, -0.1) is 24.0 Å². The summed E-state index contributed by atoms with van der Waals surface area (Å²) in [6.45, 7) is 4.44. The average Bonchev–Trinajstić information content (AvgIpc) is 2.65. The highest BCUT2D eigenvalue weighted by molar-refractivity contribution is 14.0. The van der Waals surface area contributed by atoms with Crippen LogP contribution in [-0.4, -0.2) is 22.3 Å². The fourth-order valence-corrected chi connectivity index (χ4v) is 1.43. The summed E-state index contributed by atoms with van der Waals surface area (Å²) in [5.74, 6) is 0.503. The molecule has 1 aromatic heterocycles. The molecule has 0 fully saturated rings. The van der Waals surface area contributed by atoms with Crippen molar-refractivity contribution in [3.63, 3.8) is 0 Å². The highest BCUT2D eigenvalue weighted by Crippen LogP contribution is 2.30. The van der Waals surface area contributed by atoms with E-state index in [9.17, 15) is 13.2 Å². The van der Waals surface area contributed by atoms with Crippen LogP contribution in [0.3, 0.4) is 0 Å². The summed E-state index contributed by atoms with van der Waals surface area (Å²) >= 11 is 0. The van der Waals surface area contributed by atoms with E-state index >= 15 is 0 Å². The van der Waals surface area contributed by atoms with Crippen LogP contribution in [0.4, 0.5) is 13.2 Å². The molecule has 5 nitrogen and oxygen atoms in total. The lowest BCUT2D eigenvalue weighted by Crippen LogP contribution is -2.34. The molecule has 0 aliphatic heterocycles. The summed E-state index contributed by atoms with van der Waals surface area (Å²) in [6.07, 6.45) is -3.19. The van der Waals surface area contributed by atoms with Gasteiger partial charge in [0.2, 0.25) is 0 Å². The van der Waals surface area contributed by atoms with Crippen molar-refractivity contribution in [3.8, 4) is 0 Å². The van der Waals surface area contributed by atoms with Gasteiger partial charge in [0, 0.05) is 25.4 Å².